The molecule has 2 amide bonds. The number of benzene rings is 1. The summed E-state index contributed by atoms with van der Waals surface area (Å²) in [6.07, 6.45) is 6.60. The van der Waals surface area contributed by atoms with Gasteiger partial charge in [0.15, 0.2) is 0 Å². The highest BCUT2D eigenvalue weighted by Gasteiger charge is 2.20. The lowest BCUT2D eigenvalue weighted by Gasteiger charge is -2.10. The molecule has 0 aliphatic rings. The summed E-state index contributed by atoms with van der Waals surface area (Å²) in [6.45, 7) is 2.41. The van der Waals surface area contributed by atoms with Crippen LogP contribution in [0.2, 0.25) is 0 Å². The van der Waals surface area contributed by atoms with Crippen molar-refractivity contribution in [2.24, 2.45) is 14.1 Å². The standard InChI is InChI=1S/C21H22N8O2/c1-14-17(11-23-27(14)2)25-21(31)19-18(12-24-28(19)3)26-20(30)16-7-4-6-15(10-16)13-29-9-5-8-22-29/h4-12H,13H2,1-3H3,(H,25,31)(H,26,30). The van der Waals surface area contributed by atoms with Crippen molar-refractivity contribution in [2.45, 2.75) is 13.5 Å². The van der Waals surface area contributed by atoms with Crippen LogP contribution >= 0.6 is 0 Å². The van der Waals surface area contributed by atoms with Crippen LogP contribution in [0.3, 0.4) is 0 Å². The third kappa shape index (κ3) is 4.22. The molecule has 3 aromatic heterocycles. The van der Waals surface area contributed by atoms with Gasteiger partial charge in [-0.1, -0.05) is 12.1 Å². The molecule has 2 N–H and O–H groups in total. The van der Waals surface area contributed by atoms with E-state index in [1.807, 2.05) is 31.3 Å². The highest BCUT2D eigenvalue weighted by atomic mass is 16.2. The van der Waals surface area contributed by atoms with Gasteiger partial charge in [0.1, 0.15) is 5.69 Å². The first-order valence-corrected chi connectivity index (χ1v) is 9.62. The zero-order chi connectivity index (χ0) is 22.0. The highest BCUT2D eigenvalue weighted by molar-refractivity contribution is 6.11. The molecule has 1 aromatic carbocycles. The summed E-state index contributed by atoms with van der Waals surface area (Å²) in [5.41, 5.74) is 3.39. The topological polar surface area (TPSA) is 112 Å². The molecule has 4 aromatic rings. The average Bonchev–Trinajstić information content (AvgIpc) is 3.46. The average molecular weight is 418 g/mol. The molecule has 0 radical (unpaired) electrons. The molecule has 31 heavy (non-hydrogen) atoms. The summed E-state index contributed by atoms with van der Waals surface area (Å²) < 4.78 is 4.86. The second kappa shape index (κ2) is 8.27. The summed E-state index contributed by atoms with van der Waals surface area (Å²) in [5.74, 6) is -0.722. The third-order valence-corrected chi connectivity index (χ3v) is 4.98. The zero-order valence-corrected chi connectivity index (χ0v) is 17.4. The van der Waals surface area contributed by atoms with Crippen molar-refractivity contribution < 1.29 is 9.59 Å². The van der Waals surface area contributed by atoms with E-state index < -0.39 is 0 Å². The minimum absolute atomic E-state index is 0.240. The predicted octanol–water partition coefficient (Wildman–Crippen LogP) is 2.21. The van der Waals surface area contributed by atoms with Crippen LogP contribution in [0, 0.1) is 6.92 Å². The van der Waals surface area contributed by atoms with Crippen molar-refractivity contribution in [3.8, 4) is 0 Å². The molecule has 0 saturated carbocycles. The summed E-state index contributed by atoms with van der Waals surface area (Å²) >= 11 is 0. The Morgan fingerprint density at radius 3 is 2.39 bits per heavy atom. The molecular formula is C21H22N8O2. The molecule has 0 spiro atoms. The molecule has 0 atom stereocenters. The van der Waals surface area contributed by atoms with Gasteiger partial charge in [-0.3, -0.25) is 23.6 Å². The maximum absolute atomic E-state index is 12.9. The van der Waals surface area contributed by atoms with Crippen LogP contribution in [-0.2, 0) is 20.6 Å². The fourth-order valence-corrected chi connectivity index (χ4v) is 3.19. The lowest BCUT2D eigenvalue weighted by Crippen LogP contribution is -2.20. The molecule has 10 nitrogen and oxygen atoms in total. The van der Waals surface area contributed by atoms with Crippen molar-refractivity contribution in [3.63, 3.8) is 0 Å². The molecule has 0 saturated heterocycles. The number of aromatic nitrogens is 6. The van der Waals surface area contributed by atoms with Crippen molar-refractivity contribution in [1.82, 2.24) is 29.3 Å². The van der Waals surface area contributed by atoms with Gasteiger partial charge in [0.2, 0.25) is 0 Å². The SMILES string of the molecule is Cc1c(NC(=O)c2c(NC(=O)c3cccc(Cn4cccn4)c3)cnn2C)cnn1C. The van der Waals surface area contributed by atoms with Gasteiger partial charge in [-0.15, -0.1) is 0 Å². The highest BCUT2D eigenvalue weighted by Crippen LogP contribution is 2.20. The van der Waals surface area contributed by atoms with Crippen LogP contribution in [0.25, 0.3) is 0 Å². The quantitative estimate of drug-likeness (QED) is 0.499. The smallest absolute Gasteiger partial charge is 0.276 e. The molecule has 0 aliphatic carbocycles. The van der Waals surface area contributed by atoms with Gasteiger partial charge in [0.05, 0.1) is 36.0 Å². The monoisotopic (exact) mass is 418 g/mol. The Bertz CT molecular complexity index is 1240. The van der Waals surface area contributed by atoms with Crippen molar-refractivity contribution in [2.75, 3.05) is 10.6 Å². The Kier molecular flexibility index (Phi) is 5.35. The Balaban J connectivity index is 1.52. The number of rotatable bonds is 6. The number of carbonyl (C=O) groups is 2. The van der Waals surface area contributed by atoms with Crippen LogP contribution < -0.4 is 10.6 Å². The van der Waals surface area contributed by atoms with Crippen molar-refractivity contribution in [1.29, 1.82) is 0 Å². The van der Waals surface area contributed by atoms with E-state index in [1.165, 1.54) is 10.9 Å². The van der Waals surface area contributed by atoms with Gasteiger partial charge in [-0.25, -0.2) is 0 Å². The summed E-state index contributed by atoms with van der Waals surface area (Å²) in [4.78, 5) is 25.7. The second-order valence-corrected chi connectivity index (χ2v) is 7.11. The number of amides is 2. The first-order valence-electron chi connectivity index (χ1n) is 9.62. The Hall–Kier alpha value is -4.21. The number of carbonyl (C=O) groups excluding carboxylic acids is 2. The molecule has 10 heteroatoms. The van der Waals surface area contributed by atoms with Crippen LogP contribution in [0.4, 0.5) is 11.4 Å². The molecule has 0 fully saturated rings. The van der Waals surface area contributed by atoms with E-state index in [0.717, 1.165) is 11.3 Å². The number of nitrogens with zero attached hydrogens (tertiary/aromatic N) is 6. The Labute approximate surface area is 178 Å². The van der Waals surface area contributed by atoms with E-state index in [-0.39, 0.29) is 17.5 Å². The van der Waals surface area contributed by atoms with Crippen LogP contribution in [-0.4, -0.2) is 41.2 Å². The number of nitrogens with one attached hydrogen (secondary N) is 2. The molecule has 3 heterocycles. The van der Waals surface area contributed by atoms with Crippen molar-refractivity contribution in [3.05, 3.63) is 77.6 Å². The summed E-state index contributed by atoms with van der Waals surface area (Å²) in [6, 6.07) is 9.11. The minimum atomic E-state index is -0.390. The van der Waals surface area contributed by atoms with E-state index in [2.05, 4.69) is 25.9 Å². The van der Waals surface area contributed by atoms with Gasteiger partial charge < -0.3 is 10.6 Å². The minimum Gasteiger partial charge on any atom is -0.319 e. The molecule has 0 bridgehead atoms. The molecule has 158 valence electrons. The first-order chi connectivity index (χ1) is 14.9. The van der Waals surface area contributed by atoms with Gasteiger partial charge in [0.25, 0.3) is 11.8 Å². The number of aryl methyl sites for hydroxylation is 2. The fourth-order valence-electron chi connectivity index (χ4n) is 3.19. The van der Waals surface area contributed by atoms with Crippen LogP contribution in [0.1, 0.15) is 32.1 Å². The zero-order valence-electron chi connectivity index (χ0n) is 17.4. The lowest BCUT2D eigenvalue weighted by molar-refractivity contribution is 0.101. The summed E-state index contributed by atoms with van der Waals surface area (Å²) in [7, 11) is 3.44. The molecule has 0 unspecified atom stereocenters. The number of hydrogen-bond donors (Lipinski definition) is 2. The first kappa shape index (κ1) is 20.1. The largest absolute Gasteiger partial charge is 0.319 e. The van der Waals surface area contributed by atoms with Gasteiger partial charge in [-0.2, -0.15) is 15.3 Å². The molecular weight excluding hydrogens is 396 g/mol. The Morgan fingerprint density at radius 2 is 1.68 bits per heavy atom. The molecule has 0 aliphatic heterocycles. The maximum Gasteiger partial charge on any atom is 0.276 e. The third-order valence-electron chi connectivity index (χ3n) is 4.98. The fraction of sp³-hybridized carbons (Fsp3) is 0.190. The van der Waals surface area contributed by atoms with E-state index in [0.29, 0.717) is 23.5 Å². The van der Waals surface area contributed by atoms with E-state index >= 15 is 0 Å². The molecule has 4 rings (SSSR count). The van der Waals surface area contributed by atoms with E-state index in [9.17, 15) is 9.59 Å². The Morgan fingerprint density at radius 1 is 0.935 bits per heavy atom. The van der Waals surface area contributed by atoms with Crippen LogP contribution in [0.5, 0.6) is 0 Å². The van der Waals surface area contributed by atoms with Gasteiger partial charge in [0, 0.05) is 32.1 Å². The van der Waals surface area contributed by atoms with Crippen LogP contribution in [0.15, 0.2) is 55.1 Å². The predicted molar refractivity (Wildman–Crippen MR) is 115 cm³/mol. The lowest BCUT2D eigenvalue weighted by atomic mass is 10.1. The summed E-state index contributed by atoms with van der Waals surface area (Å²) in [5, 5.41) is 18.0. The van der Waals surface area contributed by atoms with Gasteiger partial charge >= 0.3 is 0 Å². The second-order valence-electron chi connectivity index (χ2n) is 7.11. The van der Waals surface area contributed by atoms with E-state index in [1.54, 1.807) is 48.0 Å². The van der Waals surface area contributed by atoms with Gasteiger partial charge in [-0.05, 0) is 30.7 Å². The normalized spacial score (nSPS) is 10.8. The number of hydrogen-bond acceptors (Lipinski definition) is 5. The van der Waals surface area contributed by atoms with Crippen molar-refractivity contribution >= 4 is 23.2 Å². The maximum atomic E-state index is 12.9. The number of anilines is 2. The van der Waals surface area contributed by atoms with E-state index in [4.69, 9.17) is 0 Å².